The summed E-state index contributed by atoms with van der Waals surface area (Å²) in [6.07, 6.45) is 2.67. The molecule has 0 radical (unpaired) electrons. The molecule has 3 nitrogen and oxygen atoms in total. The second-order valence-electron chi connectivity index (χ2n) is 3.68. The van der Waals surface area contributed by atoms with Gasteiger partial charge in [0.05, 0.1) is 0 Å². The number of hydrogen-bond acceptors (Lipinski definition) is 4. The third-order valence-electron chi connectivity index (χ3n) is 2.48. The molecule has 0 fully saturated rings. The molecule has 0 saturated heterocycles. The summed E-state index contributed by atoms with van der Waals surface area (Å²) < 4.78 is 0. The Balaban J connectivity index is 1.80. The average molecular weight is 243 g/mol. The van der Waals surface area contributed by atoms with E-state index >= 15 is 0 Å². The molecule has 0 atom stereocenters. The molecule has 1 N–H and O–H groups in total. The van der Waals surface area contributed by atoms with Crippen LogP contribution < -0.4 is 5.32 Å². The van der Waals surface area contributed by atoms with Gasteiger partial charge in [0.1, 0.15) is 11.8 Å². The first-order valence-corrected chi connectivity index (χ1v) is 6.40. The first-order valence-electron chi connectivity index (χ1n) is 5.46. The van der Waals surface area contributed by atoms with Crippen LogP contribution in [0.25, 0.3) is 0 Å². The van der Waals surface area contributed by atoms with Gasteiger partial charge in [-0.1, -0.05) is 6.07 Å². The number of pyridine rings is 1. The van der Waals surface area contributed by atoms with Gasteiger partial charge in [0, 0.05) is 18.3 Å². The Bertz CT molecular complexity index is 500. The highest BCUT2D eigenvalue weighted by atomic mass is 32.1. The summed E-state index contributed by atoms with van der Waals surface area (Å²) >= 11 is 1.72. The predicted octanol–water partition coefficient (Wildman–Crippen LogP) is 2.35. The molecule has 0 aliphatic heterocycles. The van der Waals surface area contributed by atoms with Gasteiger partial charge in [-0.2, -0.15) is 16.6 Å². The van der Waals surface area contributed by atoms with Crippen molar-refractivity contribution in [1.29, 1.82) is 5.26 Å². The lowest BCUT2D eigenvalue weighted by atomic mass is 10.2. The number of nitriles is 1. The highest BCUT2D eigenvalue weighted by Gasteiger charge is 2.01. The molecule has 0 unspecified atom stereocenters. The van der Waals surface area contributed by atoms with Gasteiger partial charge in [0.25, 0.3) is 0 Å². The van der Waals surface area contributed by atoms with E-state index in [1.165, 1.54) is 5.56 Å². The second-order valence-corrected chi connectivity index (χ2v) is 4.46. The number of rotatable bonds is 5. The molecule has 0 amide bonds. The van der Waals surface area contributed by atoms with Crippen LogP contribution in [0.5, 0.6) is 0 Å². The molecule has 0 aromatic carbocycles. The maximum atomic E-state index is 8.89. The normalized spacial score (nSPS) is 10.1. The van der Waals surface area contributed by atoms with E-state index in [-0.39, 0.29) is 0 Å². The van der Waals surface area contributed by atoms with E-state index in [1.807, 2.05) is 12.1 Å². The number of hydrogen-bond donors (Lipinski definition) is 1. The van der Waals surface area contributed by atoms with Crippen molar-refractivity contribution in [3.8, 4) is 6.07 Å². The number of aromatic nitrogens is 1. The van der Waals surface area contributed by atoms with Gasteiger partial charge in [0.2, 0.25) is 0 Å². The summed E-state index contributed by atoms with van der Waals surface area (Å²) in [6.45, 7) is 1.61. The molecule has 2 rings (SSSR count). The highest BCUT2D eigenvalue weighted by molar-refractivity contribution is 7.07. The zero-order chi connectivity index (χ0) is 11.9. The van der Waals surface area contributed by atoms with Crippen LogP contribution in [0.15, 0.2) is 35.2 Å². The van der Waals surface area contributed by atoms with Crippen LogP contribution in [0.4, 0.5) is 0 Å². The Morgan fingerprint density at radius 2 is 2.35 bits per heavy atom. The van der Waals surface area contributed by atoms with Crippen molar-refractivity contribution >= 4 is 11.3 Å². The summed E-state index contributed by atoms with van der Waals surface area (Å²) in [5.74, 6) is 0. The fourth-order valence-corrected chi connectivity index (χ4v) is 2.28. The van der Waals surface area contributed by atoms with Gasteiger partial charge in [-0.25, -0.2) is 4.98 Å². The molecule has 4 heteroatoms. The minimum atomic E-state index is 0.510. The quantitative estimate of drug-likeness (QED) is 0.820. The Morgan fingerprint density at radius 3 is 3.12 bits per heavy atom. The first-order chi connectivity index (χ1) is 8.40. The van der Waals surface area contributed by atoms with Crippen LogP contribution in [-0.4, -0.2) is 11.5 Å². The summed E-state index contributed by atoms with van der Waals surface area (Å²) in [5.41, 5.74) is 2.82. The van der Waals surface area contributed by atoms with Crippen LogP contribution >= 0.6 is 11.3 Å². The third kappa shape index (κ3) is 3.38. The van der Waals surface area contributed by atoms with Crippen LogP contribution in [0, 0.1) is 11.3 Å². The van der Waals surface area contributed by atoms with Gasteiger partial charge in [-0.05, 0) is 41.4 Å². The van der Waals surface area contributed by atoms with Crippen molar-refractivity contribution in [3.05, 3.63) is 52.0 Å². The Labute approximate surface area is 105 Å². The lowest BCUT2D eigenvalue weighted by Gasteiger charge is -2.04. The van der Waals surface area contributed by atoms with Crippen LogP contribution in [-0.2, 0) is 13.0 Å². The van der Waals surface area contributed by atoms with Gasteiger partial charge < -0.3 is 5.32 Å². The van der Waals surface area contributed by atoms with Crippen LogP contribution in [0.1, 0.15) is 16.8 Å². The van der Waals surface area contributed by atoms with E-state index in [0.29, 0.717) is 12.2 Å². The second kappa shape index (κ2) is 6.14. The molecule has 2 aromatic rings. The minimum Gasteiger partial charge on any atom is -0.312 e. The van der Waals surface area contributed by atoms with Crippen molar-refractivity contribution in [2.24, 2.45) is 0 Å². The molecule has 86 valence electrons. The van der Waals surface area contributed by atoms with Gasteiger partial charge in [-0.3, -0.25) is 0 Å². The summed E-state index contributed by atoms with van der Waals surface area (Å²) in [4.78, 5) is 4.03. The van der Waals surface area contributed by atoms with Crippen molar-refractivity contribution in [3.63, 3.8) is 0 Å². The van der Waals surface area contributed by atoms with Crippen molar-refractivity contribution in [2.75, 3.05) is 6.54 Å². The average Bonchev–Trinajstić information content (AvgIpc) is 2.88. The largest absolute Gasteiger partial charge is 0.312 e. The SMILES string of the molecule is N#Cc1ncccc1CNCCc1ccsc1. The summed E-state index contributed by atoms with van der Waals surface area (Å²) in [7, 11) is 0. The highest BCUT2D eigenvalue weighted by Crippen LogP contribution is 2.06. The van der Waals surface area contributed by atoms with E-state index in [0.717, 1.165) is 18.5 Å². The zero-order valence-corrected chi connectivity index (χ0v) is 10.2. The lowest BCUT2D eigenvalue weighted by molar-refractivity contribution is 0.684. The Hall–Kier alpha value is -1.70. The number of nitrogens with one attached hydrogen (secondary N) is 1. The smallest absolute Gasteiger partial charge is 0.144 e. The van der Waals surface area contributed by atoms with Gasteiger partial charge >= 0.3 is 0 Å². The summed E-state index contributed by atoms with van der Waals surface area (Å²) in [6, 6.07) is 8.03. The van der Waals surface area contributed by atoms with E-state index in [4.69, 9.17) is 5.26 Å². The molecule has 2 aromatic heterocycles. The topological polar surface area (TPSA) is 48.7 Å². The Morgan fingerprint density at radius 1 is 1.41 bits per heavy atom. The molecule has 0 spiro atoms. The van der Waals surface area contributed by atoms with E-state index < -0.39 is 0 Å². The van der Waals surface area contributed by atoms with E-state index in [9.17, 15) is 0 Å². The lowest BCUT2D eigenvalue weighted by Crippen LogP contribution is -2.17. The number of nitrogens with zero attached hydrogens (tertiary/aromatic N) is 2. The first kappa shape index (κ1) is 11.8. The van der Waals surface area contributed by atoms with Gasteiger partial charge in [0.15, 0.2) is 0 Å². The molecule has 17 heavy (non-hydrogen) atoms. The maximum Gasteiger partial charge on any atom is 0.144 e. The standard InChI is InChI=1S/C13H13N3S/c14-8-13-12(2-1-5-16-13)9-15-6-3-11-4-7-17-10-11/h1-2,4-5,7,10,15H,3,6,9H2. The predicted molar refractivity (Wildman–Crippen MR) is 68.7 cm³/mol. The Kier molecular flexibility index (Phi) is 4.25. The van der Waals surface area contributed by atoms with E-state index in [1.54, 1.807) is 17.5 Å². The number of thiophene rings is 1. The van der Waals surface area contributed by atoms with Crippen LogP contribution in [0.3, 0.4) is 0 Å². The van der Waals surface area contributed by atoms with Crippen molar-refractivity contribution in [2.45, 2.75) is 13.0 Å². The van der Waals surface area contributed by atoms with Gasteiger partial charge in [-0.15, -0.1) is 0 Å². The third-order valence-corrected chi connectivity index (χ3v) is 3.22. The zero-order valence-electron chi connectivity index (χ0n) is 9.39. The fraction of sp³-hybridized carbons (Fsp3) is 0.231. The monoisotopic (exact) mass is 243 g/mol. The molecular weight excluding hydrogens is 230 g/mol. The maximum absolute atomic E-state index is 8.89. The fourth-order valence-electron chi connectivity index (χ4n) is 1.57. The molecule has 0 aliphatic carbocycles. The molecule has 2 heterocycles. The molecule has 0 bridgehead atoms. The minimum absolute atomic E-state index is 0.510. The van der Waals surface area contributed by atoms with Crippen LogP contribution in [0.2, 0.25) is 0 Å². The van der Waals surface area contributed by atoms with E-state index in [2.05, 4.69) is 33.2 Å². The molecule has 0 aliphatic rings. The molecular formula is C13H13N3S. The van der Waals surface area contributed by atoms with Crippen molar-refractivity contribution in [1.82, 2.24) is 10.3 Å². The van der Waals surface area contributed by atoms with Crippen molar-refractivity contribution < 1.29 is 0 Å². The summed E-state index contributed by atoms with van der Waals surface area (Å²) in [5, 5.41) is 16.5. The molecule has 0 saturated carbocycles.